The fourth-order valence-electron chi connectivity index (χ4n) is 1.48. The van der Waals surface area contributed by atoms with Gasteiger partial charge in [-0.25, -0.2) is 0 Å². The summed E-state index contributed by atoms with van der Waals surface area (Å²) in [5.41, 5.74) is 1.81. The third kappa shape index (κ3) is 3.17. The van der Waals surface area contributed by atoms with Crippen LogP contribution < -0.4 is 5.32 Å². The monoisotopic (exact) mass is 309 g/mol. The number of carbonyl (C=O) groups excluding carboxylic acids is 1. The lowest BCUT2D eigenvalue weighted by Crippen LogP contribution is -2.22. The topological polar surface area (TPSA) is 29.1 Å². The van der Waals surface area contributed by atoms with Crippen molar-refractivity contribution in [3.05, 3.63) is 56.2 Å². The zero-order valence-corrected chi connectivity index (χ0v) is 11.8. The van der Waals surface area contributed by atoms with Crippen LogP contribution in [0.4, 0.5) is 0 Å². The molecule has 0 aliphatic heterocycles. The molecule has 4 heteroatoms. The molecule has 1 amide bonds. The highest BCUT2D eigenvalue weighted by atomic mass is 79.9. The van der Waals surface area contributed by atoms with E-state index in [0.717, 1.165) is 20.5 Å². The molecule has 2 aromatic rings. The summed E-state index contributed by atoms with van der Waals surface area (Å²) < 4.78 is 1.02. The first kappa shape index (κ1) is 12.3. The predicted molar refractivity (Wildman–Crippen MR) is 74.4 cm³/mol. The molecule has 0 spiro atoms. The number of hydrogen-bond acceptors (Lipinski definition) is 2. The third-order valence-corrected chi connectivity index (χ3v) is 4.03. The van der Waals surface area contributed by atoms with Crippen molar-refractivity contribution in [2.75, 3.05) is 0 Å². The van der Waals surface area contributed by atoms with Crippen molar-refractivity contribution in [3.63, 3.8) is 0 Å². The van der Waals surface area contributed by atoms with Crippen molar-refractivity contribution >= 4 is 33.2 Å². The lowest BCUT2D eigenvalue weighted by atomic mass is 10.2. The first-order chi connectivity index (χ1) is 8.16. The first-order valence-corrected chi connectivity index (χ1v) is 6.91. The smallest absolute Gasteiger partial charge is 0.252 e. The fraction of sp³-hybridized carbons (Fsp3) is 0.154. The van der Waals surface area contributed by atoms with E-state index in [9.17, 15) is 4.79 Å². The molecular formula is C13H12BrNOS. The van der Waals surface area contributed by atoms with Crippen molar-refractivity contribution in [1.29, 1.82) is 0 Å². The Morgan fingerprint density at radius 1 is 1.41 bits per heavy atom. The molecule has 1 aromatic heterocycles. The van der Waals surface area contributed by atoms with Crippen LogP contribution in [0.15, 0.2) is 40.2 Å². The minimum atomic E-state index is -0.0231. The maximum atomic E-state index is 11.8. The minimum absolute atomic E-state index is 0.0231. The summed E-state index contributed by atoms with van der Waals surface area (Å²) in [6, 6.07) is 9.78. The zero-order valence-electron chi connectivity index (χ0n) is 9.37. The van der Waals surface area contributed by atoms with Crippen LogP contribution in [0.25, 0.3) is 0 Å². The van der Waals surface area contributed by atoms with Gasteiger partial charge in [0.25, 0.3) is 5.91 Å². The Morgan fingerprint density at radius 2 is 2.18 bits per heavy atom. The van der Waals surface area contributed by atoms with Crippen LogP contribution in [0.3, 0.4) is 0 Å². The predicted octanol–water partition coefficient (Wildman–Crippen LogP) is 3.75. The second-order valence-electron chi connectivity index (χ2n) is 3.72. The van der Waals surface area contributed by atoms with Gasteiger partial charge in [-0.3, -0.25) is 4.79 Å². The maximum Gasteiger partial charge on any atom is 0.252 e. The van der Waals surface area contributed by atoms with E-state index in [-0.39, 0.29) is 5.91 Å². The van der Waals surface area contributed by atoms with Crippen molar-refractivity contribution in [2.45, 2.75) is 13.5 Å². The number of benzene rings is 1. The second-order valence-corrected chi connectivity index (χ2v) is 5.69. The Bertz CT molecular complexity index is 536. The highest BCUT2D eigenvalue weighted by Crippen LogP contribution is 2.16. The fourth-order valence-corrected chi connectivity index (χ4v) is 2.59. The molecule has 17 heavy (non-hydrogen) atoms. The Balaban J connectivity index is 1.99. The molecule has 0 bridgehead atoms. The van der Waals surface area contributed by atoms with Gasteiger partial charge in [0.1, 0.15) is 0 Å². The Hall–Kier alpha value is -1.13. The second kappa shape index (κ2) is 5.47. The molecule has 0 atom stereocenters. The largest absolute Gasteiger partial charge is 0.348 e. The Labute approximate surface area is 113 Å². The summed E-state index contributed by atoms with van der Waals surface area (Å²) in [6.07, 6.45) is 0. The number of halogens is 1. The molecule has 2 rings (SSSR count). The number of nitrogens with one attached hydrogen (secondary N) is 1. The summed E-state index contributed by atoms with van der Waals surface area (Å²) in [5.74, 6) is -0.0231. The van der Waals surface area contributed by atoms with Gasteiger partial charge in [-0.05, 0) is 24.6 Å². The van der Waals surface area contributed by atoms with Crippen LogP contribution >= 0.6 is 27.3 Å². The molecular weight excluding hydrogens is 298 g/mol. The Morgan fingerprint density at radius 3 is 2.82 bits per heavy atom. The number of hydrogen-bond donors (Lipinski definition) is 1. The number of amides is 1. The summed E-state index contributed by atoms with van der Waals surface area (Å²) in [4.78, 5) is 13.0. The van der Waals surface area contributed by atoms with E-state index >= 15 is 0 Å². The van der Waals surface area contributed by atoms with E-state index in [0.29, 0.717) is 6.54 Å². The normalized spacial score (nSPS) is 10.2. The highest BCUT2D eigenvalue weighted by Gasteiger charge is 2.07. The van der Waals surface area contributed by atoms with Crippen LogP contribution in [0, 0.1) is 6.92 Å². The lowest BCUT2D eigenvalue weighted by Gasteiger charge is -2.05. The van der Waals surface area contributed by atoms with Crippen molar-refractivity contribution in [1.82, 2.24) is 5.32 Å². The van der Waals surface area contributed by atoms with Gasteiger partial charge in [0.15, 0.2) is 0 Å². The molecule has 0 unspecified atom stereocenters. The van der Waals surface area contributed by atoms with Crippen LogP contribution in [-0.2, 0) is 6.54 Å². The van der Waals surface area contributed by atoms with Gasteiger partial charge in [0.2, 0.25) is 0 Å². The molecule has 1 aromatic carbocycles. The zero-order chi connectivity index (χ0) is 12.3. The molecule has 0 aliphatic carbocycles. The maximum absolute atomic E-state index is 11.8. The molecule has 0 aliphatic rings. The van der Waals surface area contributed by atoms with Crippen LogP contribution in [0.5, 0.6) is 0 Å². The van der Waals surface area contributed by atoms with Gasteiger partial charge in [-0.1, -0.05) is 34.1 Å². The molecule has 0 saturated heterocycles. The third-order valence-electron chi connectivity index (χ3n) is 2.39. The van der Waals surface area contributed by atoms with E-state index in [2.05, 4.69) is 21.2 Å². The van der Waals surface area contributed by atoms with Gasteiger partial charge in [0, 0.05) is 21.3 Å². The highest BCUT2D eigenvalue weighted by molar-refractivity contribution is 9.10. The summed E-state index contributed by atoms with van der Waals surface area (Å²) in [7, 11) is 0. The number of thiophene rings is 1. The van der Waals surface area contributed by atoms with E-state index < -0.39 is 0 Å². The van der Waals surface area contributed by atoms with Crippen molar-refractivity contribution in [2.24, 2.45) is 0 Å². The summed E-state index contributed by atoms with van der Waals surface area (Å²) >= 11 is 5.04. The lowest BCUT2D eigenvalue weighted by molar-refractivity contribution is 0.0951. The number of carbonyl (C=O) groups is 1. The van der Waals surface area contributed by atoms with E-state index in [4.69, 9.17) is 0 Å². The van der Waals surface area contributed by atoms with Crippen molar-refractivity contribution < 1.29 is 4.79 Å². The van der Waals surface area contributed by atoms with Crippen LogP contribution in [-0.4, -0.2) is 5.91 Å². The quantitative estimate of drug-likeness (QED) is 0.919. The van der Waals surface area contributed by atoms with Gasteiger partial charge in [-0.15, -0.1) is 11.3 Å². The SMILES string of the molecule is Cc1cc(C(=O)NCc2ccccc2Br)cs1. The molecule has 1 N–H and O–H groups in total. The van der Waals surface area contributed by atoms with Gasteiger partial charge >= 0.3 is 0 Å². The number of aryl methyl sites for hydroxylation is 1. The number of rotatable bonds is 3. The summed E-state index contributed by atoms with van der Waals surface area (Å²) in [6.45, 7) is 2.53. The minimum Gasteiger partial charge on any atom is -0.348 e. The van der Waals surface area contributed by atoms with E-state index in [1.54, 1.807) is 11.3 Å². The molecule has 1 heterocycles. The standard InChI is InChI=1S/C13H12BrNOS/c1-9-6-11(8-17-9)13(16)15-7-10-4-2-3-5-12(10)14/h2-6,8H,7H2,1H3,(H,15,16). The van der Waals surface area contributed by atoms with Gasteiger partial charge in [0.05, 0.1) is 5.56 Å². The van der Waals surface area contributed by atoms with E-state index in [1.165, 1.54) is 0 Å². The van der Waals surface area contributed by atoms with Crippen LogP contribution in [0.2, 0.25) is 0 Å². The van der Waals surface area contributed by atoms with Crippen LogP contribution in [0.1, 0.15) is 20.8 Å². The molecule has 0 fully saturated rings. The van der Waals surface area contributed by atoms with E-state index in [1.807, 2.05) is 42.6 Å². The first-order valence-electron chi connectivity index (χ1n) is 5.23. The van der Waals surface area contributed by atoms with Gasteiger partial charge in [-0.2, -0.15) is 0 Å². The van der Waals surface area contributed by atoms with Crippen molar-refractivity contribution in [3.8, 4) is 0 Å². The molecule has 0 radical (unpaired) electrons. The Kier molecular flexibility index (Phi) is 3.97. The average Bonchev–Trinajstić information content (AvgIpc) is 2.74. The summed E-state index contributed by atoms with van der Waals surface area (Å²) in [5, 5.41) is 4.79. The molecule has 88 valence electrons. The molecule has 0 saturated carbocycles. The average molecular weight is 310 g/mol. The van der Waals surface area contributed by atoms with Gasteiger partial charge < -0.3 is 5.32 Å². The molecule has 2 nitrogen and oxygen atoms in total.